The largest absolute Gasteiger partial charge is 0.488 e. The summed E-state index contributed by atoms with van der Waals surface area (Å²) in [6, 6.07) is 11.9. The van der Waals surface area contributed by atoms with Crippen molar-refractivity contribution in [2.45, 2.75) is 38.7 Å². The van der Waals surface area contributed by atoms with E-state index in [1.165, 1.54) is 36.3 Å². The fourth-order valence-electron chi connectivity index (χ4n) is 4.08. The topological polar surface area (TPSA) is 89.7 Å². The maximum Gasteiger partial charge on any atom is 0.293 e. The number of halogens is 1. The number of imide groups is 1. The second-order valence-electron chi connectivity index (χ2n) is 8.20. The van der Waals surface area contributed by atoms with Gasteiger partial charge in [0.15, 0.2) is 0 Å². The Hall–Kier alpha value is -2.40. The van der Waals surface area contributed by atoms with Crippen LogP contribution in [-0.4, -0.2) is 27.5 Å². The summed E-state index contributed by atoms with van der Waals surface area (Å²) in [5.74, 6) is 0.844. The van der Waals surface area contributed by atoms with E-state index in [9.17, 15) is 19.7 Å². The number of nitrogens with zero attached hydrogens (tertiary/aromatic N) is 2. The first-order valence-corrected chi connectivity index (χ1v) is 12.7. The molecule has 2 fully saturated rings. The van der Waals surface area contributed by atoms with Gasteiger partial charge in [0.2, 0.25) is 0 Å². The molecular formula is C24H23IN2O5S. The standard InChI is InChI=1S/C24H23IN2O5S/c25-20-12-17(9-10-21(20)32-15-18-7-4-8-19(11-18)27(30)31)13-22-23(28)26(24(29)33-22)14-16-5-2-1-3-6-16/h4,7-13,16H,1-3,5-6,14-15H2/b22-13+. The Morgan fingerprint density at radius 3 is 2.67 bits per heavy atom. The number of nitro benzene ring substituents is 1. The molecule has 2 aromatic carbocycles. The van der Waals surface area contributed by atoms with E-state index < -0.39 is 4.92 Å². The summed E-state index contributed by atoms with van der Waals surface area (Å²) in [5, 5.41) is 10.7. The minimum absolute atomic E-state index is 0.0265. The average Bonchev–Trinajstić information content (AvgIpc) is 3.06. The molecule has 172 valence electrons. The molecule has 7 nitrogen and oxygen atoms in total. The number of hydrogen-bond acceptors (Lipinski definition) is 6. The first kappa shape index (κ1) is 23.7. The van der Waals surface area contributed by atoms with Crippen LogP contribution in [0.2, 0.25) is 0 Å². The number of amides is 2. The van der Waals surface area contributed by atoms with Gasteiger partial charge in [-0.25, -0.2) is 0 Å². The van der Waals surface area contributed by atoms with Crippen molar-refractivity contribution in [3.05, 3.63) is 72.2 Å². The number of carbonyl (C=O) groups is 2. The molecule has 1 aliphatic carbocycles. The van der Waals surface area contributed by atoms with Crippen LogP contribution in [0.3, 0.4) is 0 Å². The highest BCUT2D eigenvalue weighted by Crippen LogP contribution is 2.35. The summed E-state index contributed by atoms with van der Waals surface area (Å²) >= 11 is 3.15. The average molecular weight is 578 g/mol. The Balaban J connectivity index is 1.41. The Morgan fingerprint density at radius 1 is 1.15 bits per heavy atom. The maximum absolute atomic E-state index is 12.8. The summed E-state index contributed by atoms with van der Waals surface area (Å²) in [6.07, 6.45) is 7.49. The van der Waals surface area contributed by atoms with Crippen LogP contribution in [0.1, 0.15) is 43.2 Å². The van der Waals surface area contributed by atoms with E-state index >= 15 is 0 Å². The fraction of sp³-hybridized carbons (Fsp3) is 0.333. The predicted octanol–water partition coefficient (Wildman–Crippen LogP) is 6.40. The van der Waals surface area contributed by atoms with Crippen molar-refractivity contribution in [3.63, 3.8) is 0 Å². The number of carbonyl (C=O) groups excluding carboxylic acids is 2. The molecule has 0 aromatic heterocycles. The van der Waals surface area contributed by atoms with Gasteiger partial charge in [-0.1, -0.05) is 37.5 Å². The number of nitro groups is 1. The summed E-state index contributed by atoms with van der Waals surface area (Å²) in [6.45, 7) is 0.723. The summed E-state index contributed by atoms with van der Waals surface area (Å²) in [4.78, 5) is 37.6. The van der Waals surface area contributed by atoms with Gasteiger partial charge in [0.25, 0.3) is 16.8 Å². The van der Waals surface area contributed by atoms with Crippen LogP contribution in [0.5, 0.6) is 5.75 Å². The Bertz CT molecular complexity index is 1110. The third kappa shape index (κ3) is 5.94. The highest BCUT2D eigenvalue weighted by molar-refractivity contribution is 14.1. The smallest absolute Gasteiger partial charge is 0.293 e. The third-order valence-electron chi connectivity index (χ3n) is 5.81. The molecule has 0 radical (unpaired) electrons. The lowest BCUT2D eigenvalue weighted by Gasteiger charge is -2.25. The first-order chi connectivity index (χ1) is 15.9. The van der Waals surface area contributed by atoms with Crippen molar-refractivity contribution < 1.29 is 19.2 Å². The fourth-order valence-corrected chi connectivity index (χ4v) is 5.62. The van der Waals surface area contributed by atoms with E-state index in [1.807, 2.05) is 12.1 Å². The number of thioether (sulfide) groups is 1. The maximum atomic E-state index is 12.8. The molecule has 2 aromatic rings. The second-order valence-corrected chi connectivity index (χ2v) is 10.4. The van der Waals surface area contributed by atoms with Gasteiger partial charge < -0.3 is 4.74 Å². The molecule has 0 N–H and O–H groups in total. The Labute approximate surface area is 209 Å². The first-order valence-electron chi connectivity index (χ1n) is 10.8. The molecule has 1 saturated carbocycles. The quantitative estimate of drug-likeness (QED) is 0.164. The zero-order valence-corrected chi connectivity index (χ0v) is 20.8. The van der Waals surface area contributed by atoms with Gasteiger partial charge >= 0.3 is 0 Å². The molecule has 1 saturated heterocycles. The molecule has 1 heterocycles. The molecule has 33 heavy (non-hydrogen) atoms. The van der Waals surface area contributed by atoms with Gasteiger partial charge in [0, 0.05) is 18.7 Å². The lowest BCUT2D eigenvalue weighted by molar-refractivity contribution is -0.384. The van der Waals surface area contributed by atoms with Crippen LogP contribution < -0.4 is 4.74 Å². The number of non-ortho nitro benzene ring substituents is 1. The van der Waals surface area contributed by atoms with Gasteiger partial charge in [0.05, 0.1) is 13.4 Å². The number of hydrogen-bond donors (Lipinski definition) is 0. The van der Waals surface area contributed by atoms with Crippen LogP contribution in [0.25, 0.3) is 6.08 Å². The van der Waals surface area contributed by atoms with E-state index in [4.69, 9.17) is 4.74 Å². The summed E-state index contributed by atoms with van der Waals surface area (Å²) in [5.41, 5.74) is 1.54. The van der Waals surface area contributed by atoms with Crippen LogP contribution in [-0.2, 0) is 11.4 Å². The van der Waals surface area contributed by atoms with Crippen molar-refractivity contribution in [1.82, 2.24) is 4.90 Å². The van der Waals surface area contributed by atoms with Gasteiger partial charge in [-0.05, 0) is 82.4 Å². The van der Waals surface area contributed by atoms with Crippen LogP contribution in [0.15, 0.2) is 47.4 Å². The Kier molecular flexibility index (Phi) is 7.69. The van der Waals surface area contributed by atoms with Gasteiger partial charge in [0.1, 0.15) is 12.4 Å². The molecule has 9 heteroatoms. The van der Waals surface area contributed by atoms with Crippen LogP contribution in [0.4, 0.5) is 10.5 Å². The van der Waals surface area contributed by atoms with E-state index in [0.717, 1.165) is 33.7 Å². The third-order valence-corrected chi connectivity index (χ3v) is 7.56. The number of rotatable bonds is 7. The van der Waals surface area contributed by atoms with Crippen LogP contribution >= 0.6 is 34.4 Å². The molecule has 2 aliphatic rings. The van der Waals surface area contributed by atoms with Gasteiger partial charge in [-0.3, -0.25) is 24.6 Å². The molecule has 0 spiro atoms. The molecule has 0 unspecified atom stereocenters. The monoisotopic (exact) mass is 578 g/mol. The molecule has 1 aliphatic heterocycles. The number of benzene rings is 2. The summed E-state index contributed by atoms with van der Waals surface area (Å²) < 4.78 is 6.68. The second kappa shape index (κ2) is 10.7. The van der Waals surface area contributed by atoms with Crippen molar-refractivity contribution in [1.29, 1.82) is 0 Å². The number of ether oxygens (including phenoxy) is 1. The minimum atomic E-state index is -0.432. The molecule has 0 bridgehead atoms. The highest BCUT2D eigenvalue weighted by atomic mass is 127. The van der Waals surface area contributed by atoms with Crippen molar-refractivity contribution in [3.8, 4) is 5.75 Å². The summed E-state index contributed by atoms with van der Waals surface area (Å²) in [7, 11) is 0. The normalized spacial score (nSPS) is 18.2. The van der Waals surface area contributed by atoms with Gasteiger partial charge in [-0.15, -0.1) is 0 Å². The van der Waals surface area contributed by atoms with Gasteiger partial charge in [-0.2, -0.15) is 0 Å². The zero-order valence-electron chi connectivity index (χ0n) is 17.9. The molecule has 4 rings (SSSR count). The Morgan fingerprint density at radius 2 is 1.94 bits per heavy atom. The van der Waals surface area contributed by atoms with Crippen molar-refractivity contribution >= 4 is 57.3 Å². The lowest BCUT2D eigenvalue weighted by Crippen LogP contribution is -2.34. The lowest BCUT2D eigenvalue weighted by atomic mass is 9.89. The SMILES string of the molecule is O=C1S/C(=C/c2ccc(OCc3cccc([N+](=O)[O-])c3)c(I)c2)C(=O)N1CC1CCCCC1. The molecule has 2 amide bonds. The highest BCUT2D eigenvalue weighted by Gasteiger charge is 2.36. The molecule has 0 atom stereocenters. The van der Waals surface area contributed by atoms with E-state index in [1.54, 1.807) is 24.3 Å². The zero-order chi connectivity index (χ0) is 23.4. The predicted molar refractivity (Wildman–Crippen MR) is 136 cm³/mol. The van der Waals surface area contributed by atoms with E-state index in [2.05, 4.69) is 22.6 Å². The van der Waals surface area contributed by atoms with E-state index in [0.29, 0.717) is 28.7 Å². The minimum Gasteiger partial charge on any atom is -0.488 e. The molecular weight excluding hydrogens is 555 g/mol. The van der Waals surface area contributed by atoms with E-state index in [-0.39, 0.29) is 23.4 Å². The van der Waals surface area contributed by atoms with Crippen molar-refractivity contribution in [2.75, 3.05) is 6.54 Å². The van der Waals surface area contributed by atoms with Crippen LogP contribution in [0, 0.1) is 19.6 Å². The van der Waals surface area contributed by atoms with Crippen molar-refractivity contribution in [2.24, 2.45) is 5.92 Å².